The first kappa shape index (κ1) is 19.8. The lowest BCUT2D eigenvalue weighted by Crippen LogP contribution is -2.42. The number of halogens is 3. The van der Waals surface area contributed by atoms with Crippen molar-refractivity contribution in [1.29, 1.82) is 0 Å². The monoisotopic (exact) mass is 349 g/mol. The summed E-state index contributed by atoms with van der Waals surface area (Å²) in [5, 5.41) is 13.1. The normalized spacial score (nSPS) is 15.8. The Labute approximate surface area is 138 Å². The number of alkyl halides is 3. The van der Waals surface area contributed by atoms with Crippen LogP contribution >= 0.6 is 11.8 Å². The standard InChI is InChI=1S/C16H22F3NO2S/c1-4-13(20-15(22)10(2)9-23-3)14(21)11-5-7-12(8-6-11)16(17,18)19/h5-8,10,13-14,21H,4,9H2,1-3H3,(H,20,22). The van der Waals surface area contributed by atoms with Crippen LogP contribution in [0, 0.1) is 5.92 Å². The Morgan fingerprint density at radius 3 is 2.30 bits per heavy atom. The van der Waals surface area contributed by atoms with Gasteiger partial charge in [0.1, 0.15) is 0 Å². The topological polar surface area (TPSA) is 49.3 Å². The quantitative estimate of drug-likeness (QED) is 0.790. The molecule has 0 aliphatic carbocycles. The Balaban J connectivity index is 2.80. The van der Waals surface area contributed by atoms with Crippen molar-refractivity contribution in [3.8, 4) is 0 Å². The third-order valence-electron chi connectivity index (χ3n) is 3.59. The molecule has 0 saturated carbocycles. The van der Waals surface area contributed by atoms with Gasteiger partial charge in [-0.3, -0.25) is 4.79 Å². The number of aliphatic hydroxyl groups excluding tert-OH is 1. The predicted molar refractivity (Wildman–Crippen MR) is 86.2 cm³/mol. The number of nitrogens with one attached hydrogen (secondary N) is 1. The van der Waals surface area contributed by atoms with E-state index >= 15 is 0 Å². The van der Waals surface area contributed by atoms with E-state index in [-0.39, 0.29) is 11.8 Å². The summed E-state index contributed by atoms with van der Waals surface area (Å²) in [4.78, 5) is 12.0. The van der Waals surface area contributed by atoms with Crippen LogP contribution in [0.25, 0.3) is 0 Å². The highest BCUT2D eigenvalue weighted by molar-refractivity contribution is 7.98. The number of amides is 1. The average molecular weight is 349 g/mol. The molecule has 0 aliphatic heterocycles. The summed E-state index contributed by atoms with van der Waals surface area (Å²) >= 11 is 1.55. The lowest BCUT2D eigenvalue weighted by Gasteiger charge is -2.25. The Hall–Kier alpha value is -1.21. The number of carbonyl (C=O) groups excluding carboxylic acids is 1. The van der Waals surface area contributed by atoms with Gasteiger partial charge in [-0.2, -0.15) is 24.9 Å². The third-order valence-corrected chi connectivity index (χ3v) is 4.43. The molecule has 23 heavy (non-hydrogen) atoms. The van der Waals surface area contributed by atoms with Gasteiger partial charge in [0.2, 0.25) is 5.91 Å². The van der Waals surface area contributed by atoms with Crippen molar-refractivity contribution in [2.45, 2.75) is 38.6 Å². The zero-order valence-corrected chi connectivity index (χ0v) is 14.2. The van der Waals surface area contributed by atoms with Crippen molar-refractivity contribution in [3.63, 3.8) is 0 Å². The molecule has 3 atom stereocenters. The van der Waals surface area contributed by atoms with E-state index in [4.69, 9.17) is 0 Å². The number of hydrogen-bond donors (Lipinski definition) is 2. The lowest BCUT2D eigenvalue weighted by molar-refractivity contribution is -0.137. The molecule has 3 unspecified atom stereocenters. The van der Waals surface area contributed by atoms with Crippen LogP contribution in [0.4, 0.5) is 13.2 Å². The molecule has 0 spiro atoms. The SMILES string of the molecule is CCC(NC(=O)C(C)CSC)C(O)c1ccc(C(F)(F)F)cc1. The number of aliphatic hydroxyl groups is 1. The average Bonchev–Trinajstić information content (AvgIpc) is 2.51. The molecule has 0 saturated heterocycles. The third kappa shape index (κ3) is 5.73. The van der Waals surface area contributed by atoms with Gasteiger partial charge in [-0.05, 0) is 30.4 Å². The molecule has 1 rings (SSSR count). The van der Waals surface area contributed by atoms with Crippen molar-refractivity contribution in [1.82, 2.24) is 5.32 Å². The van der Waals surface area contributed by atoms with Crippen LogP contribution in [0.1, 0.15) is 37.5 Å². The van der Waals surface area contributed by atoms with Gasteiger partial charge in [0, 0.05) is 11.7 Å². The highest BCUT2D eigenvalue weighted by atomic mass is 32.2. The fourth-order valence-electron chi connectivity index (χ4n) is 2.16. The van der Waals surface area contributed by atoms with Crippen molar-refractivity contribution in [3.05, 3.63) is 35.4 Å². The number of hydrogen-bond acceptors (Lipinski definition) is 3. The number of thioether (sulfide) groups is 1. The Morgan fingerprint density at radius 2 is 1.87 bits per heavy atom. The molecule has 130 valence electrons. The van der Waals surface area contributed by atoms with Gasteiger partial charge in [-0.15, -0.1) is 0 Å². The number of rotatable bonds is 7. The van der Waals surface area contributed by atoms with Crippen LogP contribution in [0.15, 0.2) is 24.3 Å². The van der Waals surface area contributed by atoms with E-state index in [1.807, 2.05) is 6.26 Å². The molecule has 1 aromatic rings. The van der Waals surface area contributed by atoms with Crippen LogP contribution in [0.2, 0.25) is 0 Å². The molecule has 0 fully saturated rings. The van der Waals surface area contributed by atoms with Gasteiger partial charge in [0.15, 0.2) is 0 Å². The number of benzene rings is 1. The van der Waals surface area contributed by atoms with E-state index < -0.39 is 23.9 Å². The maximum atomic E-state index is 12.6. The summed E-state index contributed by atoms with van der Waals surface area (Å²) in [6.07, 6.45) is -3.08. The maximum absolute atomic E-state index is 12.6. The molecule has 0 bridgehead atoms. The van der Waals surface area contributed by atoms with E-state index in [9.17, 15) is 23.1 Å². The minimum Gasteiger partial charge on any atom is -0.386 e. The van der Waals surface area contributed by atoms with Gasteiger partial charge in [-0.25, -0.2) is 0 Å². The molecule has 0 aromatic heterocycles. The summed E-state index contributed by atoms with van der Waals surface area (Å²) in [5.74, 6) is 0.301. The summed E-state index contributed by atoms with van der Waals surface area (Å²) in [6, 6.07) is 3.82. The van der Waals surface area contributed by atoms with E-state index in [0.29, 0.717) is 17.7 Å². The molecule has 1 aromatic carbocycles. The first-order valence-corrected chi connectivity index (χ1v) is 8.74. The van der Waals surface area contributed by atoms with E-state index in [1.54, 1.807) is 25.6 Å². The van der Waals surface area contributed by atoms with E-state index in [0.717, 1.165) is 12.1 Å². The fraction of sp³-hybridized carbons (Fsp3) is 0.562. The van der Waals surface area contributed by atoms with E-state index in [1.165, 1.54) is 12.1 Å². The summed E-state index contributed by atoms with van der Waals surface area (Å²) in [5.41, 5.74) is -0.415. The largest absolute Gasteiger partial charge is 0.416 e. The molecular weight excluding hydrogens is 327 g/mol. The highest BCUT2D eigenvalue weighted by Crippen LogP contribution is 2.30. The molecule has 1 amide bonds. The van der Waals surface area contributed by atoms with Gasteiger partial charge >= 0.3 is 6.18 Å². The van der Waals surface area contributed by atoms with Crippen LogP contribution in [-0.2, 0) is 11.0 Å². The zero-order valence-electron chi connectivity index (χ0n) is 13.4. The van der Waals surface area contributed by atoms with Crippen molar-refractivity contribution >= 4 is 17.7 Å². The smallest absolute Gasteiger partial charge is 0.386 e. The van der Waals surface area contributed by atoms with Gasteiger partial charge in [0.25, 0.3) is 0 Å². The van der Waals surface area contributed by atoms with Gasteiger partial charge in [-0.1, -0.05) is 26.0 Å². The van der Waals surface area contributed by atoms with Crippen LogP contribution in [0.3, 0.4) is 0 Å². The summed E-state index contributed by atoms with van der Waals surface area (Å²) < 4.78 is 37.7. The first-order valence-electron chi connectivity index (χ1n) is 7.35. The molecule has 0 aliphatic rings. The lowest BCUT2D eigenvalue weighted by atomic mass is 9.98. The van der Waals surface area contributed by atoms with Gasteiger partial charge < -0.3 is 10.4 Å². The minimum absolute atomic E-state index is 0.169. The molecule has 7 heteroatoms. The molecule has 0 radical (unpaired) electrons. The van der Waals surface area contributed by atoms with Crippen molar-refractivity contribution < 1.29 is 23.1 Å². The van der Waals surface area contributed by atoms with Crippen LogP contribution in [-0.4, -0.2) is 29.1 Å². The van der Waals surface area contributed by atoms with E-state index in [2.05, 4.69) is 5.32 Å². The second kappa shape index (κ2) is 8.59. The zero-order chi connectivity index (χ0) is 17.6. The molecular formula is C16H22F3NO2S. The van der Waals surface area contributed by atoms with Gasteiger partial charge in [0.05, 0.1) is 17.7 Å². The van der Waals surface area contributed by atoms with Crippen LogP contribution in [0.5, 0.6) is 0 Å². The Morgan fingerprint density at radius 1 is 1.30 bits per heavy atom. The number of carbonyl (C=O) groups is 1. The fourth-order valence-corrected chi connectivity index (χ4v) is 2.81. The maximum Gasteiger partial charge on any atom is 0.416 e. The first-order chi connectivity index (χ1) is 10.7. The Kier molecular flexibility index (Phi) is 7.41. The predicted octanol–water partition coefficient (Wildman–Crippen LogP) is 3.63. The second-order valence-electron chi connectivity index (χ2n) is 5.44. The highest BCUT2D eigenvalue weighted by Gasteiger charge is 2.31. The summed E-state index contributed by atoms with van der Waals surface area (Å²) in [7, 11) is 0. The minimum atomic E-state index is -4.41. The van der Waals surface area contributed by atoms with Crippen molar-refractivity contribution in [2.75, 3.05) is 12.0 Å². The summed E-state index contributed by atoms with van der Waals surface area (Å²) in [6.45, 7) is 3.60. The van der Waals surface area contributed by atoms with Crippen LogP contribution < -0.4 is 5.32 Å². The second-order valence-corrected chi connectivity index (χ2v) is 6.36. The Bertz CT molecular complexity index is 505. The molecule has 2 N–H and O–H groups in total. The molecule has 0 heterocycles. The van der Waals surface area contributed by atoms with Crippen molar-refractivity contribution in [2.24, 2.45) is 5.92 Å². The molecule has 3 nitrogen and oxygen atoms in total.